The van der Waals surface area contributed by atoms with Crippen LogP contribution >= 0.6 is 11.8 Å². The number of sulfonamides is 1. The maximum atomic E-state index is 12.7. The predicted octanol–water partition coefficient (Wildman–Crippen LogP) is 4.37. The normalized spacial score (nSPS) is 11.6. The van der Waals surface area contributed by atoms with Gasteiger partial charge in [-0.2, -0.15) is 4.31 Å². The maximum Gasteiger partial charge on any atom is 0.243 e. The largest absolute Gasteiger partial charge is 0.325 e. The van der Waals surface area contributed by atoms with Gasteiger partial charge in [-0.3, -0.25) is 4.79 Å². The third kappa shape index (κ3) is 5.37. The average Bonchev–Trinajstić information content (AvgIpc) is 2.65. The molecule has 0 radical (unpaired) electrons. The number of rotatable bonds is 8. The first-order valence-corrected chi connectivity index (χ1v) is 11.7. The summed E-state index contributed by atoms with van der Waals surface area (Å²) >= 11 is 1.46. The molecule has 0 spiro atoms. The van der Waals surface area contributed by atoms with Gasteiger partial charge in [0, 0.05) is 23.7 Å². The van der Waals surface area contributed by atoms with Crippen molar-refractivity contribution in [2.75, 3.05) is 24.2 Å². The molecule has 1 amide bonds. The standard InChI is InChI=1S/C21H28N2O3S2/c1-6-23(7-2)28(25,26)19-11-9-16(4)20(13-19)22-21(24)14-27-18-10-8-15(3)17(5)12-18/h8-13H,6-7,14H2,1-5H3,(H,22,24). The van der Waals surface area contributed by atoms with E-state index in [0.717, 1.165) is 10.5 Å². The van der Waals surface area contributed by atoms with Gasteiger partial charge in [-0.15, -0.1) is 11.8 Å². The second kappa shape index (κ2) is 9.58. The molecule has 0 heterocycles. The number of carbonyl (C=O) groups is 1. The fraction of sp³-hybridized carbons (Fsp3) is 0.381. The lowest BCUT2D eigenvalue weighted by atomic mass is 10.1. The Morgan fingerprint density at radius 2 is 1.61 bits per heavy atom. The zero-order chi connectivity index (χ0) is 20.9. The van der Waals surface area contributed by atoms with Gasteiger partial charge in [0.2, 0.25) is 15.9 Å². The first kappa shape index (κ1) is 22.5. The van der Waals surface area contributed by atoms with Gasteiger partial charge in [-0.25, -0.2) is 8.42 Å². The summed E-state index contributed by atoms with van der Waals surface area (Å²) in [4.78, 5) is 13.6. The lowest BCUT2D eigenvalue weighted by Gasteiger charge is -2.19. The quantitative estimate of drug-likeness (QED) is 0.644. The van der Waals surface area contributed by atoms with Crippen molar-refractivity contribution in [1.82, 2.24) is 4.31 Å². The van der Waals surface area contributed by atoms with Crippen LogP contribution in [0.2, 0.25) is 0 Å². The molecule has 0 aromatic heterocycles. The molecule has 0 aliphatic rings. The van der Waals surface area contributed by atoms with E-state index in [2.05, 4.69) is 18.3 Å². The number of hydrogen-bond donors (Lipinski definition) is 1. The second-order valence-electron chi connectivity index (χ2n) is 6.65. The molecule has 0 atom stereocenters. The zero-order valence-electron chi connectivity index (χ0n) is 17.1. The van der Waals surface area contributed by atoms with Crippen LogP contribution in [-0.2, 0) is 14.8 Å². The summed E-state index contributed by atoms with van der Waals surface area (Å²) in [7, 11) is -3.56. The van der Waals surface area contributed by atoms with Gasteiger partial charge >= 0.3 is 0 Å². The predicted molar refractivity (Wildman–Crippen MR) is 117 cm³/mol. The molecule has 0 fully saturated rings. The molecule has 2 aromatic carbocycles. The van der Waals surface area contributed by atoms with Gasteiger partial charge in [-0.1, -0.05) is 26.0 Å². The summed E-state index contributed by atoms with van der Waals surface area (Å²) in [6.45, 7) is 10.4. The van der Waals surface area contributed by atoms with Gasteiger partial charge in [-0.05, 0) is 61.7 Å². The average molecular weight is 421 g/mol. The Morgan fingerprint density at radius 3 is 2.21 bits per heavy atom. The van der Waals surface area contributed by atoms with Crippen LogP contribution in [0.15, 0.2) is 46.2 Å². The van der Waals surface area contributed by atoms with Crippen LogP contribution in [0.4, 0.5) is 5.69 Å². The summed E-state index contributed by atoms with van der Waals surface area (Å²) in [5.74, 6) is 0.0957. The second-order valence-corrected chi connectivity index (χ2v) is 9.64. The fourth-order valence-electron chi connectivity index (χ4n) is 2.75. The van der Waals surface area contributed by atoms with Crippen molar-refractivity contribution in [3.8, 4) is 0 Å². The molecule has 0 bridgehead atoms. The zero-order valence-corrected chi connectivity index (χ0v) is 18.7. The van der Waals surface area contributed by atoms with Gasteiger partial charge < -0.3 is 5.32 Å². The molecule has 0 unspecified atom stereocenters. The van der Waals surface area contributed by atoms with Gasteiger partial charge in [0.1, 0.15) is 0 Å². The Balaban J connectivity index is 2.12. The number of aryl methyl sites for hydroxylation is 3. The van der Waals surface area contributed by atoms with Crippen molar-refractivity contribution < 1.29 is 13.2 Å². The van der Waals surface area contributed by atoms with E-state index < -0.39 is 10.0 Å². The minimum atomic E-state index is -3.56. The lowest BCUT2D eigenvalue weighted by Crippen LogP contribution is -2.30. The Hall–Kier alpha value is -1.83. The SMILES string of the molecule is CCN(CC)S(=O)(=O)c1ccc(C)c(NC(=O)CSc2ccc(C)c(C)c2)c1. The van der Waals surface area contributed by atoms with E-state index in [0.29, 0.717) is 18.8 Å². The molecule has 2 aromatic rings. The molecule has 7 heteroatoms. The van der Waals surface area contributed by atoms with E-state index >= 15 is 0 Å². The summed E-state index contributed by atoms with van der Waals surface area (Å²) < 4.78 is 26.8. The van der Waals surface area contributed by atoms with Crippen molar-refractivity contribution in [2.45, 2.75) is 44.4 Å². The van der Waals surface area contributed by atoms with E-state index in [4.69, 9.17) is 0 Å². The van der Waals surface area contributed by atoms with E-state index in [-0.39, 0.29) is 16.6 Å². The molecule has 0 saturated heterocycles. The molecule has 5 nitrogen and oxygen atoms in total. The molecule has 2 rings (SSSR count). The van der Waals surface area contributed by atoms with Crippen molar-refractivity contribution in [3.05, 3.63) is 53.1 Å². The van der Waals surface area contributed by atoms with Crippen LogP contribution in [0, 0.1) is 20.8 Å². The van der Waals surface area contributed by atoms with Gasteiger partial charge in [0.05, 0.1) is 10.6 Å². The molecule has 28 heavy (non-hydrogen) atoms. The van der Waals surface area contributed by atoms with Crippen LogP contribution in [-0.4, -0.2) is 37.5 Å². The number of amides is 1. The number of hydrogen-bond acceptors (Lipinski definition) is 4. The molecule has 0 aliphatic carbocycles. The number of thioether (sulfide) groups is 1. The number of carbonyl (C=O) groups excluding carboxylic acids is 1. The monoisotopic (exact) mass is 420 g/mol. The highest BCUT2D eigenvalue weighted by Gasteiger charge is 2.22. The summed E-state index contributed by atoms with van der Waals surface area (Å²) in [5, 5.41) is 2.85. The van der Waals surface area contributed by atoms with E-state index in [1.807, 2.05) is 39.8 Å². The van der Waals surface area contributed by atoms with Gasteiger partial charge in [0.25, 0.3) is 0 Å². The number of nitrogens with one attached hydrogen (secondary N) is 1. The van der Waals surface area contributed by atoms with Crippen LogP contribution in [0.1, 0.15) is 30.5 Å². The summed E-state index contributed by atoms with van der Waals surface area (Å²) in [6, 6.07) is 11.0. The highest BCUT2D eigenvalue weighted by atomic mass is 32.2. The molecular weight excluding hydrogens is 392 g/mol. The maximum absolute atomic E-state index is 12.7. The Labute approximate surface area is 172 Å². The third-order valence-corrected chi connectivity index (χ3v) is 7.71. The van der Waals surface area contributed by atoms with E-state index in [9.17, 15) is 13.2 Å². The van der Waals surface area contributed by atoms with Crippen LogP contribution in [0.3, 0.4) is 0 Å². The summed E-state index contributed by atoms with van der Waals surface area (Å²) in [5.41, 5.74) is 3.76. The number of anilines is 1. The van der Waals surface area contributed by atoms with Crippen molar-refractivity contribution in [3.63, 3.8) is 0 Å². The van der Waals surface area contributed by atoms with Crippen LogP contribution in [0.25, 0.3) is 0 Å². The highest BCUT2D eigenvalue weighted by Crippen LogP contribution is 2.24. The molecule has 152 valence electrons. The topological polar surface area (TPSA) is 66.5 Å². The fourth-order valence-corrected chi connectivity index (χ4v) is 5.03. The molecule has 1 N–H and O–H groups in total. The smallest absolute Gasteiger partial charge is 0.243 e. The molecule has 0 aliphatic heterocycles. The molecular formula is C21H28N2O3S2. The first-order chi connectivity index (χ1) is 13.2. The Bertz CT molecular complexity index is 952. The minimum Gasteiger partial charge on any atom is -0.325 e. The van der Waals surface area contributed by atoms with Gasteiger partial charge in [0.15, 0.2) is 0 Å². The lowest BCUT2D eigenvalue weighted by molar-refractivity contribution is -0.113. The Morgan fingerprint density at radius 1 is 0.964 bits per heavy atom. The minimum absolute atomic E-state index is 0.163. The third-order valence-electron chi connectivity index (χ3n) is 4.67. The molecule has 0 saturated carbocycles. The van der Waals surface area contributed by atoms with Crippen LogP contribution in [0.5, 0.6) is 0 Å². The Kier molecular flexibility index (Phi) is 7.69. The highest BCUT2D eigenvalue weighted by molar-refractivity contribution is 8.00. The van der Waals surface area contributed by atoms with E-state index in [1.54, 1.807) is 18.2 Å². The van der Waals surface area contributed by atoms with E-state index in [1.165, 1.54) is 27.2 Å². The van der Waals surface area contributed by atoms with Crippen molar-refractivity contribution >= 4 is 33.4 Å². The first-order valence-electron chi connectivity index (χ1n) is 9.29. The van der Waals surface area contributed by atoms with Crippen molar-refractivity contribution in [1.29, 1.82) is 0 Å². The van der Waals surface area contributed by atoms with Crippen LogP contribution < -0.4 is 5.32 Å². The number of nitrogens with zero attached hydrogens (tertiary/aromatic N) is 1. The van der Waals surface area contributed by atoms with Crippen molar-refractivity contribution in [2.24, 2.45) is 0 Å². The number of benzene rings is 2. The summed E-state index contributed by atoms with van der Waals surface area (Å²) in [6.07, 6.45) is 0.